The standard InChI is InChI=1S/C24H23ClFN3O3S/c25-18-5-3-16-4-7-21(13-17(16)12-18)33(30,31)28-20-9-11-29(15-20)10-1-2-23-22-8-6-19(26)14-24(22)32-27-23/h3-8,12-14,20,28H,1-2,9-11,15H2/t20-/m0/s1. The second-order valence-electron chi connectivity index (χ2n) is 8.43. The van der Waals surface area contributed by atoms with Crippen LogP contribution in [0.4, 0.5) is 4.39 Å². The zero-order valence-corrected chi connectivity index (χ0v) is 19.4. The van der Waals surface area contributed by atoms with Crippen molar-refractivity contribution in [2.24, 2.45) is 0 Å². The van der Waals surface area contributed by atoms with Gasteiger partial charge >= 0.3 is 0 Å². The third-order valence-corrected chi connectivity index (χ3v) is 7.83. The summed E-state index contributed by atoms with van der Waals surface area (Å²) in [6, 6.07) is 14.8. The first kappa shape index (κ1) is 22.3. The number of aromatic nitrogens is 1. The van der Waals surface area contributed by atoms with Gasteiger partial charge in [0.25, 0.3) is 0 Å². The molecule has 0 amide bonds. The molecule has 1 fully saturated rings. The van der Waals surface area contributed by atoms with Gasteiger partial charge in [-0.15, -0.1) is 0 Å². The van der Waals surface area contributed by atoms with Crippen LogP contribution >= 0.6 is 11.6 Å². The van der Waals surface area contributed by atoms with Gasteiger partial charge in [0, 0.05) is 29.1 Å². The fourth-order valence-corrected chi connectivity index (χ4v) is 5.87. The zero-order chi connectivity index (χ0) is 23.0. The highest BCUT2D eigenvalue weighted by Crippen LogP contribution is 2.24. The SMILES string of the molecule is O=S(=O)(N[C@H]1CCN(CCCc2noc3cc(F)ccc23)C1)c1ccc2ccc(Cl)cc2c1. The van der Waals surface area contributed by atoms with E-state index in [0.717, 1.165) is 47.8 Å². The van der Waals surface area contributed by atoms with E-state index >= 15 is 0 Å². The smallest absolute Gasteiger partial charge is 0.240 e. The first-order valence-corrected chi connectivity index (χ1v) is 12.7. The molecule has 6 nitrogen and oxygen atoms in total. The Morgan fingerprint density at radius 3 is 2.85 bits per heavy atom. The van der Waals surface area contributed by atoms with Crippen LogP contribution in [0.25, 0.3) is 21.7 Å². The number of halogens is 2. The molecule has 0 spiro atoms. The number of benzene rings is 3. The fraction of sp³-hybridized carbons (Fsp3) is 0.292. The van der Waals surface area contributed by atoms with Gasteiger partial charge in [0.1, 0.15) is 5.82 Å². The van der Waals surface area contributed by atoms with Crippen molar-refractivity contribution in [3.05, 3.63) is 71.1 Å². The van der Waals surface area contributed by atoms with E-state index in [9.17, 15) is 12.8 Å². The molecule has 0 aliphatic carbocycles. The molecule has 4 aromatic rings. The molecule has 9 heteroatoms. The van der Waals surface area contributed by atoms with E-state index in [0.29, 0.717) is 23.6 Å². The summed E-state index contributed by atoms with van der Waals surface area (Å²) in [6.45, 7) is 2.30. The highest BCUT2D eigenvalue weighted by atomic mass is 35.5. The number of rotatable bonds is 7. The van der Waals surface area contributed by atoms with E-state index in [-0.39, 0.29) is 16.8 Å². The number of likely N-dealkylation sites (tertiary alicyclic amines) is 1. The molecular formula is C24H23ClFN3O3S. The van der Waals surface area contributed by atoms with E-state index in [1.54, 1.807) is 36.4 Å². The van der Waals surface area contributed by atoms with E-state index < -0.39 is 10.0 Å². The summed E-state index contributed by atoms with van der Waals surface area (Å²) in [7, 11) is -3.63. The zero-order valence-electron chi connectivity index (χ0n) is 17.8. The van der Waals surface area contributed by atoms with Crippen molar-refractivity contribution >= 4 is 43.4 Å². The van der Waals surface area contributed by atoms with Crippen LogP contribution in [-0.4, -0.2) is 44.2 Å². The minimum atomic E-state index is -3.63. The molecule has 33 heavy (non-hydrogen) atoms. The van der Waals surface area contributed by atoms with E-state index in [1.165, 1.54) is 12.1 Å². The largest absolute Gasteiger partial charge is 0.356 e. The van der Waals surface area contributed by atoms with Crippen molar-refractivity contribution in [2.75, 3.05) is 19.6 Å². The van der Waals surface area contributed by atoms with E-state index in [2.05, 4.69) is 14.8 Å². The third-order valence-electron chi connectivity index (χ3n) is 6.07. The summed E-state index contributed by atoms with van der Waals surface area (Å²) in [5.74, 6) is -0.344. The lowest BCUT2D eigenvalue weighted by Gasteiger charge is -2.16. The number of sulfonamides is 1. The Bertz CT molecular complexity index is 1420. The van der Waals surface area contributed by atoms with Crippen molar-refractivity contribution in [1.82, 2.24) is 14.8 Å². The second-order valence-corrected chi connectivity index (χ2v) is 10.6. The van der Waals surface area contributed by atoms with Crippen LogP contribution in [0.1, 0.15) is 18.5 Å². The minimum Gasteiger partial charge on any atom is -0.356 e. The maximum Gasteiger partial charge on any atom is 0.240 e. The average molecular weight is 488 g/mol. The van der Waals surface area contributed by atoms with Gasteiger partial charge < -0.3 is 9.42 Å². The van der Waals surface area contributed by atoms with Crippen LogP contribution in [0.2, 0.25) is 5.02 Å². The number of nitrogens with one attached hydrogen (secondary N) is 1. The molecule has 0 unspecified atom stereocenters. The quantitative estimate of drug-likeness (QED) is 0.407. The molecule has 1 aliphatic rings. The number of nitrogens with zero attached hydrogens (tertiary/aromatic N) is 2. The van der Waals surface area contributed by atoms with Gasteiger partial charge in [-0.25, -0.2) is 17.5 Å². The van der Waals surface area contributed by atoms with E-state index in [4.69, 9.17) is 16.1 Å². The number of fused-ring (bicyclic) bond motifs is 2. The lowest BCUT2D eigenvalue weighted by Crippen LogP contribution is -2.37. The molecule has 1 saturated heterocycles. The summed E-state index contributed by atoms with van der Waals surface area (Å²) < 4.78 is 47.2. The molecule has 0 radical (unpaired) electrons. The van der Waals surface area contributed by atoms with Crippen LogP contribution in [0.3, 0.4) is 0 Å². The molecule has 1 aliphatic heterocycles. The van der Waals surface area contributed by atoms with Gasteiger partial charge in [0.15, 0.2) is 5.58 Å². The highest BCUT2D eigenvalue weighted by molar-refractivity contribution is 7.89. The number of hydrogen-bond donors (Lipinski definition) is 1. The van der Waals surface area contributed by atoms with Crippen LogP contribution in [0, 0.1) is 5.82 Å². The molecule has 3 aromatic carbocycles. The van der Waals surface area contributed by atoms with Crippen LogP contribution in [0.5, 0.6) is 0 Å². The lowest BCUT2D eigenvalue weighted by atomic mass is 10.1. The summed E-state index contributed by atoms with van der Waals surface area (Å²) in [4.78, 5) is 2.49. The summed E-state index contributed by atoms with van der Waals surface area (Å²) >= 11 is 6.05. The molecule has 1 atom stereocenters. The topological polar surface area (TPSA) is 75.4 Å². The third kappa shape index (κ3) is 4.89. The molecule has 1 aromatic heterocycles. The normalized spacial score (nSPS) is 17.3. The van der Waals surface area contributed by atoms with Crippen molar-refractivity contribution < 1.29 is 17.3 Å². The maximum absolute atomic E-state index is 13.3. The van der Waals surface area contributed by atoms with Crippen molar-refractivity contribution in [2.45, 2.75) is 30.2 Å². The Hall–Kier alpha value is -2.52. The van der Waals surface area contributed by atoms with E-state index in [1.807, 2.05) is 6.07 Å². The Balaban J connectivity index is 1.17. The maximum atomic E-state index is 13.3. The van der Waals surface area contributed by atoms with Crippen LogP contribution in [0.15, 0.2) is 64.0 Å². The molecule has 0 saturated carbocycles. The molecule has 172 valence electrons. The minimum absolute atomic E-state index is 0.138. The molecule has 1 N–H and O–H groups in total. The van der Waals surface area contributed by atoms with Gasteiger partial charge in [-0.05, 0) is 79.5 Å². The fourth-order valence-electron chi connectivity index (χ4n) is 4.40. The van der Waals surface area contributed by atoms with Crippen molar-refractivity contribution in [3.63, 3.8) is 0 Å². The highest BCUT2D eigenvalue weighted by Gasteiger charge is 2.27. The molecule has 2 heterocycles. The van der Waals surface area contributed by atoms with Crippen molar-refractivity contribution in [3.8, 4) is 0 Å². The molecule has 0 bridgehead atoms. The van der Waals surface area contributed by atoms with Gasteiger partial charge in [-0.2, -0.15) is 0 Å². The van der Waals surface area contributed by atoms with Crippen LogP contribution < -0.4 is 4.72 Å². The van der Waals surface area contributed by atoms with Gasteiger partial charge in [-0.1, -0.05) is 28.9 Å². The predicted octanol–water partition coefficient (Wildman–Crippen LogP) is 4.76. The first-order chi connectivity index (χ1) is 15.9. The average Bonchev–Trinajstić information content (AvgIpc) is 3.39. The number of hydrogen-bond acceptors (Lipinski definition) is 5. The Kier molecular flexibility index (Phi) is 6.09. The van der Waals surface area contributed by atoms with Gasteiger partial charge in [0.05, 0.1) is 10.6 Å². The predicted molar refractivity (Wildman–Crippen MR) is 126 cm³/mol. The first-order valence-electron chi connectivity index (χ1n) is 10.9. The van der Waals surface area contributed by atoms with Crippen molar-refractivity contribution in [1.29, 1.82) is 0 Å². The Labute approximate surface area is 196 Å². The monoisotopic (exact) mass is 487 g/mol. The van der Waals surface area contributed by atoms with Crippen LogP contribution in [-0.2, 0) is 16.4 Å². The molecular weight excluding hydrogens is 465 g/mol. The molecule has 5 rings (SSSR count). The number of aryl methyl sites for hydroxylation is 1. The summed E-state index contributed by atoms with van der Waals surface area (Å²) in [6.07, 6.45) is 2.32. The Morgan fingerprint density at radius 1 is 1.12 bits per heavy atom. The summed E-state index contributed by atoms with van der Waals surface area (Å²) in [5.41, 5.74) is 1.27. The second kappa shape index (κ2) is 9.02. The Morgan fingerprint density at radius 2 is 1.97 bits per heavy atom. The lowest BCUT2D eigenvalue weighted by molar-refractivity contribution is 0.326. The van der Waals surface area contributed by atoms with Gasteiger partial charge in [0.2, 0.25) is 10.0 Å². The van der Waals surface area contributed by atoms with Gasteiger partial charge in [-0.3, -0.25) is 0 Å². The summed E-state index contributed by atoms with van der Waals surface area (Å²) in [5, 5.41) is 7.20.